The van der Waals surface area contributed by atoms with E-state index >= 15 is 0 Å². The van der Waals surface area contributed by atoms with Crippen LogP contribution < -0.4 is 4.90 Å². The number of hydrogen-bond acceptors (Lipinski definition) is 4. The van der Waals surface area contributed by atoms with Crippen molar-refractivity contribution in [3.8, 4) is 5.88 Å². The zero-order valence-electron chi connectivity index (χ0n) is 15.9. The molecule has 2 aromatic heterocycles. The van der Waals surface area contributed by atoms with Crippen molar-refractivity contribution >= 4 is 16.3 Å². The van der Waals surface area contributed by atoms with Gasteiger partial charge in [-0.05, 0) is 20.3 Å². The number of benzene rings is 1. The first-order chi connectivity index (χ1) is 12.4. The van der Waals surface area contributed by atoms with E-state index < -0.39 is 0 Å². The minimum atomic E-state index is 0.120. The van der Waals surface area contributed by atoms with Crippen molar-refractivity contribution in [2.45, 2.75) is 40.2 Å². The van der Waals surface area contributed by atoms with Gasteiger partial charge in [-0.15, -0.1) is 5.10 Å². The van der Waals surface area contributed by atoms with Crippen LogP contribution in [0.3, 0.4) is 0 Å². The molecule has 138 valence electrons. The smallest absolute Gasteiger partial charge is 0.235 e. The molecule has 0 radical (unpaired) electrons. The molecule has 1 saturated heterocycles. The lowest BCUT2D eigenvalue weighted by Gasteiger charge is -2.37. The predicted molar refractivity (Wildman–Crippen MR) is 104 cm³/mol. The average molecular weight is 372 g/mol. The number of rotatable bonds is 3. The molecule has 6 heteroatoms. The average Bonchev–Trinajstić information content (AvgIpc) is 3.07. The predicted octanol–water partition coefficient (Wildman–Crippen LogP) is 2.76. The highest BCUT2D eigenvalue weighted by Gasteiger charge is 2.36. The molecular weight excluding hydrogens is 344 g/mol. The van der Waals surface area contributed by atoms with Gasteiger partial charge in [0.1, 0.15) is 10.7 Å². The van der Waals surface area contributed by atoms with Gasteiger partial charge in [0.05, 0.1) is 13.1 Å². The number of aromatic nitrogens is 3. The van der Waals surface area contributed by atoms with Crippen LogP contribution in [0.4, 0.5) is 0 Å². The van der Waals surface area contributed by atoms with Crippen LogP contribution >= 0.6 is 11.3 Å². The molecule has 26 heavy (non-hydrogen) atoms. The number of nitrogens with one attached hydrogen (secondary N) is 1. The Balaban J connectivity index is 1.82. The molecule has 0 aliphatic carbocycles. The van der Waals surface area contributed by atoms with Gasteiger partial charge in [-0.2, -0.15) is 4.52 Å². The van der Waals surface area contributed by atoms with Crippen LogP contribution in [-0.2, 0) is 0 Å². The number of hydrogen-bond donors (Lipinski definition) is 2. The van der Waals surface area contributed by atoms with Gasteiger partial charge < -0.3 is 10.0 Å². The van der Waals surface area contributed by atoms with Crippen LogP contribution in [0.5, 0.6) is 5.88 Å². The van der Waals surface area contributed by atoms with Crippen LogP contribution in [0.15, 0.2) is 24.3 Å². The van der Waals surface area contributed by atoms with Gasteiger partial charge in [0.15, 0.2) is 6.04 Å². The van der Waals surface area contributed by atoms with Crippen LogP contribution in [0.25, 0.3) is 4.96 Å². The summed E-state index contributed by atoms with van der Waals surface area (Å²) in [6, 6.07) is 8.86. The first-order valence-electron chi connectivity index (χ1n) is 9.38. The number of quaternary nitrogens is 1. The minimum Gasteiger partial charge on any atom is -0.492 e. The Hall–Kier alpha value is -1.92. The van der Waals surface area contributed by atoms with E-state index in [-0.39, 0.29) is 11.9 Å². The molecule has 0 saturated carbocycles. The number of likely N-dealkylation sites (tertiary alicyclic amines) is 1. The maximum Gasteiger partial charge on any atom is 0.235 e. The summed E-state index contributed by atoms with van der Waals surface area (Å²) in [5, 5.41) is 15.3. The quantitative estimate of drug-likeness (QED) is 0.744. The SMILES string of the molecule is Cc1ccc([C@@H](c2sc3nc(C)nn3c2O)[NH+]2C[C@H](C)C[C@H](C)C2)cc1. The van der Waals surface area contributed by atoms with E-state index in [9.17, 15) is 5.11 Å². The lowest BCUT2D eigenvalue weighted by atomic mass is 9.89. The third-order valence-corrected chi connectivity index (χ3v) is 6.50. The summed E-state index contributed by atoms with van der Waals surface area (Å²) in [6.45, 7) is 10.9. The second kappa shape index (κ2) is 6.67. The third kappa shape index (κ3) is 3.12. The standard InChI is InChI=1S/C20H26N4OS/c1-12-5-7-16(8-6-12)17(23-10-13(2)9-14(3)11-23)18-19(25)24-20(26-18)21-15(4)22-24/h5-8,13-14,17,25H,9-11H2,1-4H3/p+1/t13-,14+,17-/m0/s1. The fourth-order valence-electron chi connectivity index (χ4n) is 4.44. The van der Waals surface area contributed by atoms with E-state index in [0.717, 1.165) is 22.9 Å². The Morgan fingerprint density at radius 3 is 2.42 bits per heavy atom. The Bertz CT molecular complexity index is 904. The molecular formula is C20H27N4OS+. The first-order valence-corrected chi connectivity index (χ1v) is 10.2. The van der Waals surface area contributed by atoms with Crippen molar-refractivity contribution in [2.24, 2.45) is 11.8 Å². The molecule has 1 unspecified atom stereocenters. The molecule has 1 aliphatic rings. The van der Waals surface area contributed by atoms with E-state index in [1.807, 2.05) is 6.92 Å². The fraction of sp³-hybridized carbons (Fsp3) is 0.500. The number of aromatic hydroxyl groups is 1. The van der Waals surface area contributed by atoms with Crippen molar-refractivity contribution in [3.63, 3.8) is 0 Å². The van der Waals surface area contributed by atoms with Crippen LogP contribution in [0, 0.1) is 25.7 Å². The normalized spacial score (nSPS) is 24.8. The van der Waals surface area contributed by atoms with Gasteiger partial charge >= 0.3 is 0 Å². The maximum atomic E-state index is 10.9. The molecule has 4 rings (SSSR count). The van der Waals surface area contributed by atoms with Crippen molar-refractivity contribution in [3.05, 3.63) is 46.1 Å². The first kappa shape index (κ1) is 17.5. The Morgan fingerprint density at radius 1 is 1.15 bits per heavy atom. The minimum absolute atomic E-state index is 0.120. The molecule has 1 aromatic carbocycles. The summed E-state index contributed by atoms with van der Waals surface area (Å²) < 4.78 is 1.59. The highest BCUT2D eigenvalue weighted by atomic mass is 32.1. The number of nitrogens with zero attached hydrogens (tertiary/aromatic N) is 3. The molecule has 4 atom stereocenters. The molecule has 1 aliphatic heterocycles. The molecule has 2 N–H and O–H groups in total. The van der Waals surface area contributed by atoms with Crippen molar-refractivity contribution < 1.29 is 10.0 Å². The van der Waals surface area contributed by atoms with Crippen molar-refractivity contribution in [1.29, 1.82) is 0 Å². The summed E-state index contributed by atoms with van der Waals surface area (Å²) in [4.78, 5) is 7.73. The topological polar surface area (TPSA) is 54.9 Å². The van der Waals surface area contributed by atoms with Gasteiger partial charge in [-0.1, -0.05) is 55.0 Å². The lowest BCUT2D eigenvalue weighted by Crippen LogP contribution is -3.14. The highest BCUT2D eigenvalue weighted by molar-refractivity contribution is 7.17. The Morgan fingerprint density at radius 2 is 1.81 bits per heavy atom. The van der Waals surface area contributed by atoms with E-state index in [2.05, 4.69) is 55.1 Å². The summed E-state index contributed by atoms with van der Waals surface area (Å²) in [6.07, 6.45) is 1.28. The number of fused-ring (bicyclic) bond motifs is 1. The Labute approximate surface area is 158 Å². The summed E-state index contributed by atoms with van der Waals surface area (Å²) in [5.41, 5.74) is 2.51. The highest BCUT2D eigenvalue weighted by Crippen LogP contribution is 2.35. The van der Waals surface area contributed by atoms with E-state index in [0.29, 0.717) is 17.7 Å². The summed E-state index contributed by atoms with van der Waals surface area (Å²) >= 11 is 1.57. The molecule has 3 aromatic rings. The molecule has 1 fully saturated rings. The number of aryl methyl sites for hydroxylation is 2. The van der Waals surface area contributed by atoms with E-state index in [1.54, 1.807) is 15.9 Å². The summed E-state index contributed by atoms with van der Waals surface area (Å²) in [5.74, 6) is 2.31. The molecule has 0 spiro atoms. The molecule has 5 nitrogen and oxygen atoms in total. The zero-order valence-corrected chi connectivity index (χ0v) is 16.7. The van der Waals surface area contributed by atoms with Crippen LogP contribution in [0.2, 0.25) is 0 Å². The second-order valence-electron chi connectivity index (χ2n) is 8.00. The molecule has 0 bridgehead atoms. The Kier molecular flexibility index (Phi) is 4.49. The van der Waals surface area contributed by atoms with Crippen molar-refractivity contribution in [2.75, 3.05) is 13.1 Å². The van der Waals surface area contributed by atoms with Gasteiger partial charge in [0.25, 0.3) is 0 Å². The van der Waals surface area contributed by atoms with E-state index in [1.165, 1.54) is 22.4 Å². The van der Waals surface area contributed by atoms with Crippen LogP contribution in [-0.4, -0.2) is 32.8 Å². The van der Waals surface area contributed by atoms with Gasteiger partial charge in [0.2, 0.25) is 10.8 Å². The third-order valence-electron chi connectivity index (χ3n) is 5.41. The van der Waals surface area contributed by atoms with Crippen LogP contribution in [0.1, 0.15) is 48.1 Å². The summed E-state index contributed by atoms with van der Waals surface area (Å²) in [7, 11) is 0. The monoisotopic (exact) mass is 371 g/mol. The number of thiazole rings is 1. The second-order valence-corrected chi connectivity index (χ2v) is 9.01. The zero-order chi connectivity index (χ0) is 18.4. The largest absolute Gasteiger partial charge is 0.492 e. The van der Waals surface area contributed by atoms with E-state index in [4.69, 9.17) is 0 Å². The lowest BCUT2D eigenvalue weighted by molar-refractivity contribution is -0.936. The fourth-order valence-corrected chi connectivity index (χ4v) is 5.62. The maximum absolute atomic E-state index is 10.9. The van der Waals surface area contributed by atoms with Crippen molar-refractivity contribution in [1.82, 2.24) is 14.6 Å². The van der Waals surface area contributed by atoms with Gasteiger partial charge in [-0.25, -0.2) is 4.98 Å². The molecule has 3 heterocycles. The molecule has 0 amide bonds. The number of piperidine rings is 1. The van der Waals surface area contributed by atoms with Gasteiger partial charge in [-0.3, -0.25) is 0 Å². The van der Waals surface area contributed by atoms with Gasteiger partial charge in [0, 0.05) is 17.4 Å².